The molecular formula is C26H29BrN4O5S. The Bertz CT molecular complexity index is 1190. The summed E-state index contributed by atoms with van der Waals surface area (Å²) in [6, 6.07) is 11.3. The monoisotopic (exact) mass is 588 g/mol. The van der Waals surface area contributed by atoms with E-state index >= 15 is 0 Å². The maximum absolute atomic E-state index is 13.6. The van der Waals surface area contributed by atoms with Crippen LogP contribution < -0.4 is 15.5 Å². The van der Waals surface area contributed by atoms with Crippen LogP contribution in [0.25, 0.3) is 0 Å². The maximum atomic E-state index is 13.6. The number of carbonyl (C=O) groups excluding carboxylic acids is 3. The molecule has 2 N–H and O–H groups in total. The van der Waals surface area contributed by atoms with Crippen LogP contribution in [0.3, 0.4) is 0 Å². The van der Waals surface area contributed by atoms with Gasteiger partial charge in [0.2, 0.25) is 11.8 Å². The van der Waals surface area contributed by atoms with Crippen molar-refractivity contribution in [2.75, 3.05) is 21.7 Å². The third-order valence-electron chi connectivity index (χ3n) is 6.00. The van der Waals surface area contributed by atoms with Crippen LogP contribution in [0.4, 0.5) is 11.5 Å². The van der Waals surface area contributed by atoms with Crippen molar-refractivity contribution in [2.45, 2.75) is 51.1 Å². The van der Waals surface area contributed by atoms with Gasteiger partial charge in [-0.05, 0) is 56.2 Å². The molecule has 1 fully saturated rings. The predicted octanol–water partition coefficient (Wildman–Crippen LogP) is 5.23. The molecule has 4 rings (SSSR count). The van der Waals surface area contributed by atoms with Gasteiger partial charge in [0.25, 0.3) is 5.91 Å². The highest BCUT2D eigenvalue weighted by Crippen LogP contribution is 2.31. The number of halogens is 1. The van der Waals surface area contributed by atoms with Gasteiger partial charge in [-0.3, -0.25) is 19.3 Å². The van der Waals surface area contributed by atoms with Crippen molar-refractivity contribution in [3.8, 4) is 0 Å². The largest absolute Gasteiger partial charge is 0.467 e. The molecule has 11 heteroatoms. The van der Waals surface area contributed by atoms with E-state index in [0.717, 1.165) is 41.9 Å². The second-order valence-corrected chi connectivity index (χ2v) is 10.8. The van der Waals surface area contributed by atoms with Crippen molar-refractivity contribution in [1.82, 2.24) is 10.5 Å². The fourth-order valence-corrected chi connectivity index (χ4v) is 5.23. The molecule has 1 saturated carbocycles. The van der Waals surface area contributed by atoms with Crippen LogP contribution >= 0.6 is 27.7 Å². The van der Waals surface area contributed by atoms with E-state index in [-0.39, 0.29) is 35.3 Å². The van der Waals surface area contributed by atoms with Crippen LogP contribution in [0.15, 0.2) is 62.1 Å². The third kappa shape index (κ3) is 7.48. The number of amides is 3. The zero-order chi connectivity index (χ0) is 26.2. The van der Waals surface area contributed by atoms with Gasteiger partial charge in [0.05, 0.1) is 17.8 Å². The van der Waals surface area contributed by atoms with E-state index in [1.165, 1.54) is 17.6 Å². The molecule has 0 aliphatic heterocycles. The molecule has 196 valence electrons. The fourth-order valence-electron chi connectivity index (χ4n) is 4.29. The van der Waals surface area contributed by atoms with Crippen molar-refractivity contribution in [3.05, 3.63) is 64.7 Å². The summed E-state index contributed by atoms with van der Waals surface area (Å²) in [5.74, 6) is 0.371. The third-order valence-corrected chi connectivity index (χ3v) is 7.44. The minimum Gasteiger partial charge on any atom is -0.467 e. The quantitative estimate of drug-likeness (QED) is 0.333. The van der Waals surface area contributed by atoms with Crippen LogP contribution in [0, 0.1) is 6.92 Å². The van der Waals surface area contributed by atoms with Gasteiger partial charge >= 0.3 is 0 Å². The number of aromatic nitrogens is 1. The number of hydrogen-bond acceptors (Lipinski definition) is 7. The number of nitrogens with zero attached hydrogens (tertiary/aromatic N) is 2. The fraction of sp³-hybridized carbons (Fsp3) is 0.385. The summed E-state index contributed by atoms with van der Waals surface area (Å²) in [5.41, 5.74) is 0.552. The number of anilines is 2. The zero-order valence-electron chi connectivity index (χ0n) is 20.4. The molecule has 9 nitrogen and oxygen atoms in total. The lowest BCUT2D eigenvalue weighted by Crippen LogP contribution is -2.47. The molecule has 0 spiro atoms. The molecule has 1 unspecified atom stereocenters. The lowest BCUT2D eigenvalue weighted by Gasteiger charge is -2.32. The Labute approximate surface area is 227 Å². The molecule has 37 heavy (non-hydrogen) atoms. The number of hydrogen-bond donors (Lipinski definition) is 2. The average molecular weight is 590 g/mol. The standard InChI is InChI=1S/C26H29BrN4O5S/c1-17-14-22(30-36-17)29-23(32)15-37-16-24(33)31(20-11-9-18(27)10-12-20)25(21-8-5-13-35-21)26(34)28-19-6-3-2-4-7-19/h5,8-14,19,25H,2-4,6-7,15-16H2,1H3,(H,28,34)(H,29,30,32). The molecule has 0 bridgehead atoms. The van der Waals surface area contributed by atoms with Gasteiger partial charge in [-0.15, -0.1) is 11.8 Å². The van der Waals surface area contributed by atoms with E-state index in [9.17, 15) is 14.4 Å². The molecule has 0 radical (unpaired) electrons. The number of carbonyl (C=O) groups is 3. The van der Waals surface area contributed by atoms with Gasteiger partial charge in [-0.25, -0.2) is 0 Å². The summed E-state index contributed by atoms with van der Waals surface area (Å²) in [6.45, 7) is 1.73. The van der Waals surface area contributed by atoms with E-state index in [1.54, 1.807) is 37.3 Å². The molecule has 1 aliphatic rings. The van der Waals surface area contributed by atoms with Crippen LogP contribution in [-0.2, 0) is 14.4 Å². The van der Waals surface area contributed by atoms with Crippen LogP contribution in [0.2, 0.25) is 0 Å². The topological polar surface area (TPSA) is 118 Å². The first kappa shape index (κ1) is 27.0. The van der Waals surface area contributed by atoms with Gasteiger partial charge in [-0.2, -0.15) is 0 Å². The van der Waals surface area contributed by atoms with Gasteiger partial charge in [0.15, 0.2) is 11.9 Å². The second kappa shape index (κ2) is 13.0. The van der Waals surface area contributed by atoms with E-state index in [0.29, 0.717) is 23.0 Å². The summed E-state index contributed by atoms with van der Waals surface area (Å²) >= 11 is 4.58. The van der Waals surface area contributed by atoms with Crippen molar-refractivity contribution >= 4 is 56.9 Å². The number of benzene rings is 1. The van der Waals surface area contributed by atoms with E-state index in [2.05, 4.69) is 31.7 Å². The summed E-state index contributed by atoms with van der Waals surface area (Å²) in [4.78, 5) is 41.0. The minimum atomic E-state index is -0.988. The number of rotatable bonds is 10. The smallest absolute Gasteiger partial charge is 0.251 e. The number of furan rings is 1. The van der Waals surface area contributed by atoms with Gasteiger partial charge < -0.3 is 19.6 Å². The molecule has 1 aliphatic carbocycles. The van der Waals surface area contributed by atoms with Crippen molar-refractivity contribution in [3.63, 3.8) is 0 Å². The summed E-state index contributed by atoms with van der Waals surface area (Å²) in [6.07, 6.45) is 6.62. The number of aryl methyl sites for hydroxylation is 1. The molecule has 1 aromatic carbocycles. The van der Waals surface area contributed by atoms with Crippen molar-refractivity contribution < 1.29 is 23.3 Å². The average Bonchev–Trinajstić information content (AvgIpc) is 3.55. The number of thioether (sulfide) groups is 1. The van der Waals surface area contributed by atoms with Crippen molar-refractivity contribution in [2.24, 2.45) is 0 Å². The first-order chi connectivity index (χ1) is 17.9. The predicted molar refractivity (Wildman–Crippen MR) is 145 cm³/mol. The van der Waals surface area contributed by atoms with Crippen LogP contribution in [0.5, 0.6) is 0 Å². The molecule has 2 heterocycles. The van der Waals surface area contributed by atoms with E-state index in [1.807, 2.05) is 12.1 Å². The molecule has 1 atom stereocenters. The first-order valence-electron chi connectivity index (χ1n) is 12.1. The summed E-state index contributed by atoms with van der Waals surface area (Å²) in [7, 11) is 0. The highest BCUT2D eigenvalue weighted by Gasteiger charge is 2.36. The van der Waals surface area contributed by atoms with Gasteiger partial charge in [0.1, 0.15) is 11.5 Å². The lowest BCUT2D eigenvalue weighted by atomic mass is 9.95. The molecular weight excluding hydrogens is 560 g/mol. The highest BCUT2D eigenvalue weighted by atomic mass is 79.9. The minimum absolute atomic E-state index is 0.0186. The molecule has 3 aromatic rings. The van der Waals surface area contributed by atoms with E-state index < -0.39 is 6.04 Å². The molecule has 0 saturated heterocycles. The maximum Gasteiger partial charge on any atom is 0.251 e. The normalized spacial score (nSPS) is 14.6. The summed E-state index contributed by atoms with van der Waals surface area (Å²) in [5, 5.41) is 9.52. The van der Waals surface area contributed by atoms with Crippen LogP contribution in [-0.4, -0.2) is 40.4 Å². The Morgan fingerprint density at radius 1 is 1.14 bits per heavy atom. The highest BCUT2D eigenvalue weighted by molar-refractivity contribution is 9.10. The van der Waals surface area contributed by atoms with Gasteiger partial charge in [-0.1, -0.05) is 40.3 Å². The van der Waals surface area contributed by atoms with Crippen LogP contribution in [0.1, 0.15) is 49.7 Å². The van der Waals surface area contributed by atoms with E-state index in [4.69, 9.17) is 8.94 Å². The zero-order valence-corrected chi connectivity index (χ0v) is 22.8. The SMILES string of the molecule is Cc1cc(NC(=O)CSCC(=O)N(c2ccc(Br)cc2)C(C(=O)NC2CCCCC2)c2ccco2)no1. The summed E-state index contributed by atoms with van der Waals surface area (Å²) < 4.78 is 11.4. The van der Waals surface area contributed by atoms with Gasteiger partial charge in [0, 0.05) is 22.3 Å². The first-order valence-corrected chi connectivity index (χ1v) is 14.1. The lowest BCUT2D eigenvalue weighted by molar-refractivity contribution is -0.127. The second-order valence-electron chi connectivity index (χ2n) is 8.87. The Morgan fingerprint density at radius 3 is 2.54 bits per heavy atom. The Kier molecular flexibility index (Phi) is 9.45. The Balaban J connectivity index is 1.51. The molecule has 3 amide bonds. The Hall–Kier alpha value is -3.05. The Morgan fingerprint density at radius 2 is 1.89 bits per heavy atom. The number of nitrogens with one attached hydrogen (secondary N) is 2. The molecule has 2 aromatic heterocycles. The van der Waals surface area contributed by atoms with Crippen molar-refractivity contribution in [1.29, 1.82) is 0 Å².